The lowest BCUT2D eigenvalue weighted by atomic mass is 9.96. The third-order valence-corrected chi connectivity index (χ3v) is 16.2. The van der Waals surface area contributed by atoms with E-state index in [1.165, 1.54) is 55.5 Å². The second-order valence-corrected chi connectivity index (χ2v) is 23.5. The van der Waals surface area contributed by atoms with Gasteiger partial charge in [-0.05, 0) is 74.7 Å². The lowest BCUT2D eigenvalue weighted by molar-refractivity contribution is -0.304. The highest BCUT2D eigenvalue weighted by atomic mass is 16.8. The summed E-state index contributed by atoms with van der Waals surface area (Å²) in [7, 11) is 0. The Morgan fingerprint density at radius 2 is 0.728 bits per heavy atom. The number of hydrogen-bond acceptors (Lipinski definition) is 21. The SMILES string of the molecule is CCC1OC(On2c(C(=O)NCc3ccc(-c4ccccc4)cc3)cccc2=O)C(OC(C)=O)C(OC(C)=O)C1OC(C)=O.O=C(NCc1ccc(-c2ccccc2)cc1)c1cccc(=O)n1O.O=C(NCc1ccc(-c2ccccc2)cc1)c1cccc(=O)n1OC1OC(CO)C(O)C(O)C1O. The Kier molecular flexibility index (Phi) is 26.3. The molecule has 5 heterocycles. The van der Waals surface area contributed by atoms with Crippen molar-refractivity contribution in [3.63, 3.8) is 0 Å². The molecule has 0 radical (unpaired) electrons. The topological polar surface area (TPSA) is 370 Å². The Morgan fingerprint density at radius 3 is 1.12 bits per heavy atom. The largest absolute Gasteiger partial charge is 0.456 e. The molecule has 10 atom stereocenters. The molecule has 2 saturated heterocycles. The summed E-state index contributed by atoms with van der Waals surface area (Å²) in [4.78, 5) is 122. The zero-order valence-corrected chi connectivity index (χ0v) is 56.2. The van der Waals surface area contributed by atoms with Gasteiger partial charge in [-0.15, -0.1) is 14.2 Å². The molecular weight excluding hydrogens is 1330 g/mol. The van der Waals surface area contributed by atoms with Crippen LogP contribution in [0.25, 0.3) is 33.4 Å². The first-order valence-corrected chi connectivity index (χ1v) is 32.6. The van der Waals surface area contributed by atoms with Crippen LogP contribution in [0.3, 0.4) is 0 Å². The molecule has 2 aliphatic heterocycles. The Bertz CT molecular complexity index is 4540. The molecule has 2 fully saturated rings. The van der Waals surface area contributed by atoms with Gasteiger partial charge in [0.25, 0.3) is 47.0 Å². The van der Waals surface area contributed by atoms with Crippen molar-refractivity contribution in [2.75, 3.05) is 6.61 Å². The van der Waals surface area contributed by atoms with Crippen LogP contribution in [0.15, 0.2) is 233 Å². The number of rotatable bonds is 21. The fourth-order valence-electron chi connectivity index (χ4n) is 10.9. The number of aromatic nitrogens is 3. The molecule has 11 rings (SSSR count). The van der Waals surface area contributed by atoms with Crippen LogP contribution in [0, 0.1) is 0 Å². The van der Waals surface area contributed by atoms with Gasteiger partial charge in [-0.3, -0.25) is 43.2 Å². The maximum absolute atomic E-state index is 13.3. The Labute approximate surface area is 589 Å². The first-order valence-electron chi connectivity index (χ1n) is 32.6. The quantitative estimate of drug-likeness (QED) is 0.0261. The zero-order chi connectivity index (χ0) is 73.7. The number of hydrogen-bond donors (Lipinski definition) is 8. The molecule has 3 aromatic heterocycles. The van der Waals surface area contributed by atoms with E-state index in [2.05, 4.69) is 16.0 Å². The maximum atomic E-state index is 13.3. The predicted molar refractivity (Wildman–Crippen MR) is 371 cm³/mol. The van der Waals surface area contributed by atoms with Gasteiger partial charge in [-0.25, -0.2) is 0 Å². The number of ether oxygens (including phenoxy) is 5. The minimum atomic E-state index is -1.74. The normalized spacial score (nSPS) is 19.6. The van der Waals surface area contributed by atoms with Crippen LogP contribution >= 0.6 is 0 Å². The molecule has 27 nitrogen and oxygen atoms in total. The molecular formula is C76H76N6O21. The molecule has 10 unspecified atom stereocenters. The number of nitrogens with zero attached hydrogens (tertiary/aromatic N) is 3. The number of carbonyl (C=O) groups excluding carboxylic acids is 6. The molecule has 9 aromatic rings. The molecule has 0 spiro atoms. The monoisotopic (exact) mass is 1410 g/mol. The van der Waals surface area contributed by atoms with Gasteiger partial charge in [0.15, 0.2) is 12.2 Å². The fourth-order valence-corrected chi connectivity index (χ4v) is 10.9. The Hall–Kier alpha value is -11.9. The third kappa shape index (κ3) is 20.0. The minimum Gasteiger partial charge on any atom is -0.456 e. The summed E-state index contributed by atoms with van der Waals surface area (Å²) >= 11 is 0. The summed E-state index contributed by atoms with van der Waals surface area (Å²) in [6, 6.07) is 64.6. The summed E-state index contributed by atoms with van der Waals surface area (Å²) in [5, 5.41) is 57.2. The first kappa shape index (κ1) is 75.4. The number of carbonyl (C=O) groups is 6. The molecule has 3 amide bonds. The summed E-state index contributed by atoms with van der Waals surface area (Å²) in [5.74, 6) is -3.97. The molecule has 0 bridgehead atoms. The highest BCUT2D eigenvalue weighted by Gasteiger charge is 2.53. The van der Waals surface area contributed by atoms with Crippen LogP contribution in [0.5, 0.6) is 0 Å². The van der Waals surface area contributed by atoms with Crippen LogP contribution < -0.4 is 42.3 Å². The maximum Gasteiger partial charge on any atom is 0.303 e. The molecule has 8 N–H and O–H groups in total. The number of aliphatic hydroxyl groups excluding tert-OH is 4. The van der Waals surface area contributed by atoms with Crippen molar-refractivity contribution in [1.82, 2.24) is 30.1 Å². The number of benzene rings is 6. The van der Waals surface area contributed by atoms with Crippen molar-refractivity contribution in [3.8, 4) is 33.4 Å². The fraction of sp³-hybridized carbons (Fsp3) is 0.250. The van der Waals surface area contributed by atoms with E-state index in [1.807, 2.05) is 164 Å². The van der Waals surface area contributed by atoms with E-state index in [4.69, 9.17) is 33.4 Å². The Balaban J connectivity index is 0.000000187. The van der Waals surface area contributed by atoms with E-state index in [9.17, 15) is 68.8 Å². The van der Waals surface area contributed by atoms with Gasteiger partial charge < -0.3 is 74.9 Å². The standard InChI is InChI=1S/C32H34N2O10.C25H26N2O8.C19H16N2O3/c1-5-26-28(40-19(2)35)29(41-20(3)36)30(42-21(4)37)32(43-26)44-34-25(12-9-13-27(34)38)31(39)33-18-22-14-16-24(17-15-22)23-10-7-6-8-11-23;28-14-19-21(30)22(31)23(32)25(34-19)35-27-18(7-4-8-20(27)29)24(33)26-13-15-9-11-17(12-10-15)16-5-2-1-3-6-16;22-18-8-4-7-17(21(18)24)19(23)20-13-14-9-11-16(12-10-14)15-5-2-1-3-6-15/h6-17,26,28-30,32H,5,18H2,1-4H3,(H,33,39);1-12,19,21-23,25,28,30-32H,13-14H2,(H,26,33);1-12,24H,13H2,(H,20,23). The van der Waals surface area contributed by atoms with Crippen molar-refractivity contribution >= 4 is 35.6 Å². The smallest absolute Gasteiger partial charge is 0.303 e. The van der Waals surface area contributed by atoms with Gasteiger partial charge in [-0.1, -0.05) is 189 Å². The van der Waals surface area contributed by atoms with Gasteiger partial charge in [-0.2, -0.15) is 0 Å². The molecule has 2 aliphatic rings. The number of pyridine rings is 3. The Morgan fingerprint density at radius 1 is 0.388 bits per heavy atom. The van der Waals surface area contributed by atoms with Crippen molar-refractivity contribution < 1.29 is 87.8 Å². The molecule has 103 heavy (non-hydrogen) atoms. The number of aliphatic hydroxyl groups is 4. The molecule has 0 saturated carbocycles. The van der Waals surface area contributed by atoms with Gasteiger partial charge in [0.05, 0.1) is 6.61 Å². The molecule has 536 valence electrons. The van der Waals surface area contributed by atoms with Gasteiger partial charge in [0.1, 0.15) is 47.6 Å². The van der Waals surface area contributed by atoms with Crippen LogP contribution in [0.2, 0.25) is 0 Å². The predicted octanol–water partition coefficient (Wildman–Crippen LogP) is 5.16. The highest BCUT2D eigenvalue weighted by molar-refractivity contribution is 5.93. The van der Waals surface area contributed by atoms with Crippen molar-refractivity contribution in [2.45, 2.75) is 115 Å². The average molecular weight is 1410 g/mol. The second-order valence-electron chi connectivity index (χ2n) is 23.5. The van der Waals surface area contributed by atoms with Gasteiger partial charge in [0, 0.05) is 58.6 Å². The van der Waals surface area contributed by atoms with E-state index < -0.39 is 120 Å². The lowest BCUT2D eigenvalue weighted by Gasteiger charge is -2.43. The average Bonchev–Trinajstić information content (AvgIpc) is 0.780. The first-order chi connectivity index (χ1) is 49.6. The zero-order valence-electron chi connectivity index (χ0n) is 56.2. The van der Waals surface area contributed by atoms with E-state index in [0.29, 0.717) is 16.0 Å². The third-order valence-electron chi connectivity index (χ3n) is 16.2. The van der Waals surface area contributed by atoms with Crippen molar-refractivity contribution in [1.29, 1.82) is 0 Å². The number of nitrogens with one attached hydrogen (secondary N) is 3. The highest BCUT2D eigenvalue weighted by Crippen LogP contribution is 2.31. The van der Waals surface area contributed by atoms with E-state index in [0.717, 1.165) is 74.7 Å². The molecule has 27 heteroatoms. The number of esters is 3. The van der Waals surface area contributed by atoms with Crippen LogP contribution in [-0.2, 0) is 57.7 Å². The van der Waals surface area contributed by atoms with E-state index >= 15 is 0 Å². The van der Waals surface area contributed by atoms with Crippen LogP contribution in [0.1, 0.15) is 82.3 Å². The summed E-state index contributed by atoms with van der Waals surface area (Å²) < 4.78 is 29.2. The minimum absolute atomic E-state index is 0.0941. The summed E-state index contributed by atoms with van der Waals surface area (Å²) in [5.41, 5.74) is 6.48. The molecule has 0 aliphatic carbocycles. The van der Waals surface area contributed by atoms with Gasteiger partial charge in [0.2, 0.25) is 6.10 Å². The summed E-state index contributed by atoms with van der Waals surface area (Å²) in [6.45, 7) is 5.14. The number of amides is 3. The summed E-state index contributed by atoms with van der Waals surface area (Å²) in [6.07, 6.45) is -13.9. The van der Waals surface area contributed by atoms with Crippen LogP contribution in [0.4, 0.5) is 0 Å². The lowest BCUT2D eigenvalue weighted by Crippen LogP contribution is -2.64. The van der Waals surface area contributed by atoms with Gasteiger partial charge >= 0.3 is 17.9 Å². The van der Waals surface area contributed by atoms with Crippen molar-refractivity contribution in [3.05, 3.63) is 283 Å². The van der Waals surface area contributed by atoms with E-state index in [-0.39, 0.29) is 36.6 Å². The van der Waals surface area contributed by atoms with Crippen molar-refractivity contribution in [2.24, 2.45) is 0 Å². The second kappa shape index (κ2) is 36.0. The molecule has 6 aromatic carbocycles. The van der Waals surface area contributed by atoms with E-state index in [1.54, 1.807) is 6.92 Å². The van der Waals surface area contributed by atoms with Crippen LogP contribution in [-0.4, -0.2) is 143 Å².